The molecule has 0 aromatic carbocycles. The van der Waals surface area contributed by atoms with Crippen molar-refractivity contribution >= 4 is 29.9 Å². The van der Waals surface area contributed by atoms with Crippen LogP contribution in [0.3, 0.4) is 0 Å². The van der Waals surface area contributed by atoms with E-state index in [0.29, 0.717) is 6.54 Å². The second-order valence-electron chi connectivity index (χ2n) is 6.68. The van der Waals surface area contributed by atoms with E-state index >= 15 is 0 Å². The zero-order chi connectivity index (χ0) is 17.2. The minimum absolute atomic E-state index is 0. The van der Waals surface area contributed by atoms with Crippen molar-refractivity contribution in [3.63, 3.8) is 0 Å². The van der Waals surface area contributed by atoms with Crippen LogP contribution in [0.15, 0.2) is 11.3 Å². The van der Waals surface area contributed by atoms with Crippen molar-refractivity contribution in [1.29, 1.82) is 0 Å². The molecule has 7 nitrogen and oxygen atoms in total. The number of unbranched alkanes of at least 4 members (excludes halogenated alkanes) is 1. The molecule has 1 aromatic heterocycles. The van der Waals surface area contributed by atoms with Crippen molar-refractivity contribution in [2.75, 3.05) is 32.7 Å². The van der Waals surface area contributed by atoms with Crippen molar-refractivity contribution < 1.29 is 0 Å². The number of rotatable bonds is 8. The van der Waals surface area contributed by atoms with Crippen LogP contribution in [0.4, 0.5) is 0 Å². The van der Waals surface area contributed by atoms with Gasteiger partial charge in [0, 0.05) is 26.7 Å². The molecule has 1 unspecified atom stereocenters. The zero-order valence-electron chi connectivity index (χ0n) is 15.9. The molecule has 1 atom stereocenters. The Morgan fingerprint density at radius 3 is 2.88 bits per heavy atom. The quantitative estimate of drug-likeness (QED) is 0.267. The molecule has 2 rings (SSSR count). The number of halogens is 1. The summed E-state index contributed by atoms with van der Waals surface area (Å²) in [5, 5.41) is 10.8. The molecule has 1 fully saturated rings. The summed E-state index contributed by atoms with van der Waals surface area (Å²) in [6.45, 7) is 10.6. The van der Waals surface area contributed by atoms with Crippen LogP contribution in [0, 0.1) is 5.92 Å². The van der Waals surface area contributed by atoms with E-state index in [4.69, 9.17) is 0 Å². The average Bonchev–Trinajstić information content (AvgIpc) is 2.97. The van der Waals surface area contributed by atoms with Gasteiger partial charge in [0.05, 0.1) is 0 Å². The highest BCUT2D eigenvalue weighted by Crippen LogP contribution is 2.15. The molecule has 1 aliphatic rings. The van der Waals surface area contributed by atoms with Crippen molar-refractivity contribution in [2.45, 2.75) is 46.1 Å². The standard InChI is InChI=1S/C17H33N7.HI/c1-4-18-17(20-12-16-21-14-22-23(16)3)19-9-5-6-10-24-11-7-8-15(2)13-24;/h14-15H,4-13H2,1-3H3,(H2,18,19,20);1H. The van der Waals surface area contributed by atoms with E-state index in [-0.39, 0.29) is 24.0 Å². The molecule has 2 N–H and O–H groups in total. The normalized spacial score (nSPS) is 18.7. The third-order valence-electron chi connectivity index (χ3n) is 4.46. The van der Waals surface area contributed by atoms with Crippen molar-refractivity contribution in [1.82, 2.24) is 30.3 Å². The molecule has 0 aliphatic carbocycles. The van der Waals surface area contributed by atoms with Gasteiger partial charge in [-0.3, -0.25) is 4.68 Å². The topological polar surface area (TPSA) is 70.4 Å². The molecule has 0 amide bonds. The Hall–Kier alpha value is -0.900. The van der Waals surface area contributed by atoms with E-state index in [1.807, 2.05) is 7.05 Å². The highest BCUT2D eigenvalue weighted by atomic mass is 127. The molecule has 0 spiro atoms. The van der Waals surface area contributed by atoms with Gasteiger partial charge in [-0.15, -0.1) is 24.0 Å². The number of aliphatic imine (C=N–C) groups is 1. The van der Waals surface area contributed by atoms with Crippen LogP contribution in [-0.4, -0.2) is 58.3 Å². The molecule has 1 aromatic rings. The Labute approximate surface area is 169 Å². The fourth-order valence-electron chi connectivity index (χ4n) is 3.11. The summed E-state index contributed by atoms with van der Waals surface area (Å²) in [5.74, 6) is 2.59. The largest absolute Gasteiger partial charge is 0.357 e. The molecule has 144 valence electrons. The van der Waals surface area contributed by atoms with Gasteiger partial charge in [0.1, 0.15) is 18.7 Å². The maximum atomic E-state index is 4.57. The maximum absolute atomic E-state index is 4.57. The molecule has 2 heterocycles. The van der Waals surface area contributed by atoms with Crippen LogP contribution in [0.5, 0.6) is 0 Å². The molecule has 8 heteroatoms. The van der Waals surface area contributed by atoms with Crippen LogP contribution < -0.4 is 10.6 Å². The Bertz CT molecular complexity index is 503. The van der Waals surface area contributed by atoms with Crippen LogP contribution in [0.2, 0.25) is 0 Å². The number of likely N-dealkylation sites (tertiary alicyclic amines) is 1. The molecule has 1 saturated heterocycles. The number of nitrogens with one attached hydrogen (secondary N) is 2. The van der Waals surface area contributed by atoms with Crippen molar-refractivity contribution in [2.24, 2.45) is 18.0 Å². The Balaban J connectivity index is 0.00000312. The van der Waals surface area contributed by atoms with E-state index in [0.717, 1.165) is 30.8 Å². The van der Waals surface area contributed by atoms with Crippen LogP contribution in [-0.2, 0) is 13.6 Å². The summed E-state index contributed by atoms with van der Waals surface area (Å²) in [6.07, 6.45) is 6.72. The Morgan fingerprint density at radius 2 is 2.20 bits per heavy atom. The predicted molar refractivity (Wildman–Crippen MR) is 113 cm³/mol. The number of aromatic nitrogens is 3. The fraction of sp³-hybridized carbons (Fsp3) is 0.824. The number of hydrogen-bond donors (Lipinski definition) is 2. The van der Waals surface area contributed by atoms with Gasteiger partial charge in [0.25, 0.3) is 0 Å². The number of hydrogen-bond acceptors (Lipinski definition) is 4. The summed E-state index contributed by atoms with van der Waals surface area (Å²) in [6, 6.07) is 0. The average molecular weight is 463 g/mol. The summed E-state index contributed by atoms with van der Waals surface area (Å²) >= 11 is 0. The van der Waals surface area contributed by atoms with E-state index in [9.17, 15) is 0 Å². The third kappa shape index (κ3) is 8.35. The number of piperidine rings is 1. The summed E-state index contributed by atoms with van der Waals surface area (Å²) in [5.41, 5.74) is 0. The highest BCUT2D eigenvalue weighted by molar-refractivity contribution is 14.0. The number of aryl methyl sites for hydroxylation is 1. The second kappa shape index (κ2) is 12.5. The van der Waals surface area contributed by atoms with Gasteiger partial charge >= 0.3 is 0 Å². The van der Waals surface area contributed by atoms with Crippen LogP contribution in [0.25, 0.3) is 0 Å². The van der Waals surface area contributed by atoms with Gasteiger partial charge in [0.15, 0.2) is 5.96 Å². The molecule has 0 bridgehead atoms. The van der Waals surface area contributed by atoms with Gasteiger partial charge in [-0.2, -0.15) is 5.10 Å². The van der Waals surface area contributed by atoms with Crippen molar-refractivity contribution in [3.8, 4) is 0 Å². The Morgan fingerprint density at radius 1 is 1.36 bits per heavy atom. The molecular formula is C17H34IN7. The second-order valence-corrected chi connectivity index (χ2v) is 6.68. The van der Waals surface area contributed by atoms with Crippen LogP contribution >= 0.6 is 24.0 Å². The fourth-order valence-corrected chi connectivity index (χ4v) is 3.11. The van der Waals surface area contributed by atoms with Gasteiger partial charge in [-0.05, 0) is 51.6 Å². The van der Waals surface area contributed by atoms with Gasteiger partial charge in [-0.25, -0.2) is 9.98 Å². The SMILES string of the molecule is CCNC(=NCc1ncnn1C)NCCCCN1CCCC(C)C1.I. The van der Waals surface area contributed by atoms with Gasteiger partial charge in [-0.1, -0.05) is 6.92 Å². The van der Waals surface area contributed by atoms with E-state index < -0.39 is 0 Å². The lowest BCUT2D eigenvalue weighted by Gasteiger charge is -2.30. The minimum atomic E-state index is 0. The number of guanidine groups is 1. The first-order valence-corrected chi connectivity index (χ1v) is 9.26. The first kappa shape index (κ1) is 22.1. The molecule has 0 radical (unpaired) electrons. The van der Waals surface area contributed by atoms with Gasteiger partial charge < -0.3 is 15.5 Å². The van der Waals surface area contributed by atoms with E-state index in [2.05, 4.69) is 44.5 Å². The molecular weight excluding hydrogens is 429 g/mol. The summed E-state index contributed by atoms with van der Waals surface area (Å²) < 4.78 is 1.76. The molecule has 0 saturated carbocycles. The lowest BCUT2D eigenvalue weighted by Crippen LogP contribution is -2.38. The summed E-state index contributed by atoms with van der Waals surface area (Å²) in [4.78, 5) is 11.4. The van der Waals surface area contributed by atoms with Crippen molar-refractivity contribution in [3.05, 3.63) is 12.2 Å². The highest BCUT2D eigenvalue weighted by Gasteiger charge is 2.15. The van der Waals surface area contributed by atoms with Gasteiger partial charge in [0.2, 0.25) is 0 Å². The lowest BCUT2D eigenvalue weighted by atomic mass is 10.0. The predicted octanol–water partition coefficient (Wildman–Crippen LogP) is 2.00. The van der Waals surface area contributed by atoms with Crippen LogP contribution in [0.1, 0.15) is 45.4 Å². The smallest absolute Gasteiger partial charge is 0.191 e. The van der Waals surface area contributed by atoms with E-state index in [1.54, 1.807) is 11.0 Å². The zero-order valence-corrected chi connectivity index (χ0v) is 18.2. The monoisotopic (exact) mass is 463 g/mol. The molecule has 25 heavy (non-hydrogen) atoms. The Kier molecular flexibility index (Phi) is 11.0. The maximum Gasteiger partial charge on any atom is 0.191 e. The summed E-state index contributed by atoms with van der Waals surface area (Å²) in [7, 11) is 1.89. The number of nitrogens with zero attached hydrogens (tertiary/aromatic N) is 5. The molecule has 1 aliphatic heterocycles. The minimum Gasteiger partial charge on any atom is -0.357 e. The lowest BCUT2D eigenvalue weighted by molar-refractivity contribution is 0.181. The third-order valence-corrected chi connectivity index (χ3v) is 4.46. The first-order valence-electron chi connectivity index (χ1n) is 9.26. The first-order chi connectivity index (χ1) is 11.7. The van der Waals surface area contributed by atoms with E-state index in [1.165, 1.54) is 45.3 Å².